The van der Waals surface area contributed by atoms with Gasteiger partial charge in [-0.15, -0.1) is 0 Å². The molecule has 0 radical (unpaired) electrons. The van der Waals surface area contributed by atoms with Crippen molar-refractivity contribution in [1.82, 2.24) is 4.90 Å². The lowest BCUT2D eigenvalue weighted by atomic mass is 9.78. The number of hydrogen-bond acceptors (Lipinski definition) is 4. The molecule has 118 valence electrons. The molecule has 2 rings (SSSR count). The van der Waals surface area contributed by atoms with Crippen LogP contribution in [-0.2, 0) is 9.47 Å². The Kier molecular flexibility index (Phi) is 6.75. The zero-order chi connectivity index (χ0) is 14.4. The van der Waals surface area contributed by atoms with Crippen LogP contribution in [0.15, 0.2) is 0 Å². The highest BCUT2D eigenvalue weighted by Crippen LogP contribution is 2.35. The Morgan fingerprint density at radius 2 is 1.90 bits per heavy atom. The van der Waals surface area contributed by atoms with E-state index in [-0.39, 0.29) is 12.2 Å². The van der Waals surface area contributed by atoms with Crippen molar-refractivity contribution in [3.63, 3.8) is 0 Å². The van der Waals surface area contributed by atoms with Crippen LogP contribution < -0.4 is 0 Å². The van der Waals surface area contributed by atoms with Crippen LogP contribution in [-0.4, -0.2) is 61.7 Å². The second-order valence-electron chi connectivity index (χ2n) is 6.50. The maximum atomic E-state index is 10.2. The maximum Gasteiger partial charge on any atom is 0.0900 e. The predicted octanol–water partition coefficient (Wildman–Crippen LogP) is 2.05. The second kappa shape index (κ2) is 8.32. The molecule has 1 saturated carbocycles. The Hall–Kier alpha value is -0.160. The van der Waals surface area contributed by atoms with Gasteiger partial charge < -0.3 is 14.6 Å². The van der Waals surface area contributed by atoms with Crippen LogP contribution in [0.4, 0.5) is 0 Å². The summed E-state index contributed by atoms with van der Waals surface area (Å²) < 4.78 is 10.7. The average molecular weight is 285 g/mol. The van der Waals surface area contributed by atoms with Crippen LogP contribution in [0.25, 0.3) is 0 Å². The molecule has 2 aliphatic rings. The number of β-amino-alcohol motifs (C(OH)–C–C–N with tert-alkyl or cyclic N) is 1. The number of rotatable bonds is 7. The average Bonchev–Trinajstić information content (AvgIpc) is 2.46. The van der Waals surface area contributed by atoms with Gasteiger partial charge in [0.05, 0.1) is 25.4 Å². The monoisotopic (exact) mass is 285 g/mol. The summed E-state index contributed by atoms with van der Waals surface area (Å²) in [6.07, 6.45) is 7.81. The van der Waals surface area contributed by atoms with Gasteiger partial charge in [0.25, 0.3) is 0 Å². The fourth-order valence-corrected chi connectivity index (χ4v) is 3.84. The SMILES string of the molecule is COCC(C)OCC(O)CN1CCCC2CCCCC21. The Morgan fingerprint density at radius 1 is 1.15 bits per heavy atom. The van der Waals surface area contributed by atoms with Crippen molar-refractivity contribution in [2.45, 2.75) is 63.7 Å². The van der Waals surface area contributed by atoms with E-state index in [0.29, 0.717) is 19.3 Å². The standard InChI is InChI=1S/C16H31NO3/c1-13(11-19-2)20-12-15(18)10-17-9-5-7-14-6-3-4-8-16(14)17/h13-16,18H,3-12H2,1-2H3. The van der Waals surface area contributed by atoms with Gasteiger partial charge in [-0.1, -0.05) is 12.8 Å². The first kappa shape index (κ1) is 16.2. The van der Waals surface area contributed by atoms with Gasteiger partial charge in [0.2, 0.25) is 0 Å². The van der Waals surface area contributed by atoms with E-state index >= 15 is 0 Å². The highest BCUT2D eigenvalue weighted by atomic mass is 16.5. The Bertz CT molecular complexity index is 272. The highest BCUT2D eigenvalue weighted by molar-refractivity contribution is 4.88. The number of ether oxygens (including phenoxy) is 2. The molecule has 1 heterocycles. The zero-order valence-electron chi connectivity index (χ0n) is 13.1. The van der Waals surface area contributed by atoms with E-state index in [0.717, 1.165) is 19.0 Å². The Morgan fingerprint density at radius 3 is 2.70 bits per heavy atom. The highest BCUT2D eigenvalue weighted by Gasteiger charge is 2.33. The Balaban J connectivity index is 1.73. The van der Waals surface area contributed by atoms with Crippen molar-refractivity contribution in [3.8, 4) is 0 Å². The smallest absolute Gasteiger partial charge is 0.0900 e. The number of fused-ring (bicyclic) bond motifs is 1. The van der Waals surface area contributed by atoms with Crippen LogP contribution >= 0.6 is 0 Å². The summed E-state index contributed by atoms with van der Waals surface area (Å²) in [6, 6.07) is 0.712. The molecule has 0 amide bonds. The number of likely N-dealkylation sites (tertiary alicyclic amines) is 1. The van der Waals surface area contributed by atoms with E-state index < -0.39 is 0 Å². The Labute approximate surface area is 123 Å². The number of hydrogen-bond donors (Lipinski definition) is 1. The van der Waals surface area contributed by atoms with E-state index in [1.165, 1.54) is 38.5 Å². The van der Waals surface area contributed by atoms with Crippen LogP contribution in [0, 0.1) is 5.92 Å². The quantitative estimate of drug-likeness (QED) is 0.777. The van der Waals surface area contributed by atoms with Crippen molar-refractivity contribution >= 4 is 0 Å². The summed E-state index contributed by atoms with van der Waals surface area (Å²) in [6.45, 7) is 4.89. The summed E-state index contributed by atoms with van der Waals surface area (Å²) in [4.78, 5) is 2.52. The molecule has 0 aromatic carbocycles. The lowest BCUT2D eigenvalue weighted by Crippen LogP contribution is -2.50. The van der Waals surface area contributed by atoms with E-state index in [4.69, 9.17) is 9.47 Å². The van der Waals surface area contributed by atoms with E-state index in [9.17, 15) is 5.11 Å². The van der Waals surface area contributed by atoms with Gasteiger partial charge in [-0.2, -0.15) is 0 Å². The van der Waals surface area contributed by atoms with Crippen molar-refractivity contribution in [2.75, 3.05) is 33.4 Å². The molecule has 0 bridgehead atoms. The van der Waals surface area contributed by atoms with E-state index in [1.807, 2.05) is 6.92 Å². The van der Waals surface area contributed by atoms with Crippen LogP contribution in [0.2, 0.25) is 0 Å². The molecule has 20 heavy (non-hydrogen) atoms. The van der Waals surface area contributed by atoms with Crippen molar-refractivity contribution in [3.05, 3.63) is 0 Å². The molecule has 4 unspecified atom stereocenters. The minimum absolute atomic E-state index is 0.0541. The number of aliphatic hydroxyl groups is 1. The lowest BCUT2D eigenvalue weighted by molar-refractivity contribution is -0.0516. The van der Waals surface area contributed by atoms with Gasteiger partial charge in [0, 0.05) is 19.7 Å². The summed E-state index contributed by atoms with van der Waals surface area (Å²) in [5.41, 5.74) is 0. The second-order valence-corrected chi connectivity index (χ2v) is 6.50. The van der Waals surface area contributed by atoms with E-state index in [1.54, 1.807) is 7.11 Å². The first-order chi connectivity index (χ1) is 9.70. The molecule has 0 aromatic heterocycles. The van der Waals surface area contributed by atoms with Gasteiger partial charge in [-0.05, 0) is 45.1 Å². The molecule has 1 saturated heterocycles. The van der Waals surface area contributed by atoms with Gasteiger partial charge in [0.15, 0.2) is 0 Å². The predicted molar refractivity (Wildman–Crippen MR) is 79.8 cm³/mol. The lowest BCUT2D eigenvalue weighted by Gasteiger charge is -2.44. The first-order valence-electron chi connectivity index (χ1n) is 8.23. The van der Waals surface area contributed by atoms with Crippen molar-refractivity contribution in [1.29, 1.82) is 0 Å². The molecule has 0 aromatic rings. The largest absolute Gasteiger partial charge is 0.389 e. The number of aliphatic hydroxyl groups excluding tert-OH is 1. The summed E-state index contributed by atoms with van der Waals surface area (Å²) in [7, 11) is 1.67. The van der Waals surface area contributed by atoms with Crippen molar-refractivity contribution < 1.29 is 14.6 Å². The molecule has 4 atom stereocenters. The van der Waals surface area contributed by atoms with Crippen LogP contribution in [0.3, 0.4) is 0 Å². The molecular weight excluding hydrogens is 254 g/mol. The number of methoxy groups -OCH3 is 1. The third kappa shape index (κ3) is 4.69. The number of piperidine rings is 1. The first-order valence-corrected chi connectivity index (χ1v) is 8.23. The van der Waals surface area contributed by atoms with Crippen molar-refractivity contribution in [2.24, 2.45) is 5.92 Å². The van der Waals surface area contributed by atoms with Crippen LogP contribution in [0.5, 0.6) is 0 Å². The normalized spacial score (nSPS) is 30.8. The van der Waals surface area contributed by atoms with Crippen LogP contribution in [0.1, 0.15) is 45.4 Å². The molecule has 1 N–H and O–H groups in total. The minimum atomic E-state index is -0.380. The maximum absolute atomic E-state index is 10.2. The molecule has 4 nitrogen and oxygen atoms in total. The fourth-order valence-electron chi connectivity index (χ4n) is 3.84. The molecule has 4 heteroatoms. The third-order valence-electron chi connectivity index (χ3n) is 4.78. The minimum Gasteiger partial charge on any atom is -0.389 e. The molecule has 0 spiro atoms. The molecule has 1 aliphatic heterocycles. The summed E-state index contributed by atoms with van der Waals surface area (Å²) in [5, 5.41) is 10.2. The molecular formula is C16H31NO3. The topological polar surface area (TPSA) is 41.9 Å². The van der Waals surface area contributed by atoms with E-state index in [2.05, 4.69) is 4.90 Å². The molecule has 1 aliphatic carbocycles. The third-order valence-corrected chi connectivity index (χ3v) is 4.78. The van der Waals surface area contributed by atoms with Gasteiger partial charge in [-0.3, -0.25) is 4.90 Å². The van der Waals surface area contributed by atoms with Gasteiger partial charge in [0.1, 0.15) is 0 Å². The summed E-state index contributed by atoms with van der Waals surface area (Å²) in [5.74, 6) is 0.873. The van der Waals surface area contributed by atoms with Gasteiger partial charge in [-0.25, -0.2) is 0 Å². The van der Waals surface area contributed by atoms with Gasteiger partial charge >= 0.3 is 0 Å². The zero-order valence-corrected chi connectivity index (χ0v) is 13.1. The number of nitrogens with zero attached hydrogens (tertiary/aromatic N) is 1. The fraction of sp³-hybridized carbons (Fsp3) is 1.00. The molecule has 2 fully saturated rings. The summed E-state index contributed by atoms with van der Waals surface area (Å²) >= 11 is 0.